The molecule has 1 atom stereocenters. The van der Waals surface area contributed by atoms with Gasteiger partial charge in [0.25, 0.3) is 0 Å². The number of carbonyl (C=O) groups excluding carboxylic acids is 2. The normalized spacial score (nSPS) is 19.7. The lowest BCUT2D eigenvalue weighted by atomic mass is 10.0. The SMILES string of the molecule is CC(C)CC1NC(=O)CCN(c2ccc(F)cc2I)C1=O. The molecule has 2 rings (SSSR count). The van der Waals surface area contributed by atoms with E-state index in [9.17, 15) is 14.0 Å². The van der Waals surface area contributed by atoms with Crippen LogP contribution in [0.3, 0.4) is 0 Å². The van der Waals surface area contributed by atoms with Crippen molar-refractivity contribution in [2.24, 2.45) is 5.92 Å². The largest absolute Gasteiger partial charge is 0.344 e. The predicted octanol–water partition coefficient (Wildman–Crippen LogP) is 2.70. The smallest absolute Gasteiger partial charge is 0.249 e. The van der Waals surface area contributed by atoms with Crippen molar-refractivity contribution in [2.45, 2.75) is 32.7 Å². The van der Waals surface area contributed by atoms with Crippen LogP contribution in [0.2, 0.25) is 0 Å². The highest BCUT2D eigenvalue weighted by Gasteiger charge is 2.31. The van der Waals surface area contributed by atoms with Crippen LogP contribution in [0.4, 0.5) is 10.1 Å². The summed E-state index contributed by atoms with van der Waals surface area (Å²) in [4.78, 5) is 26.1. The van der Waals surface area contributed by atoms with Crippen molar-refractivity contribution >= 4 is 40.1 Å². The Balaban J connectivity index is 2.32. The van der Waals surface area contributed by atoms with Gasteiger partial charge in [0, 0.05) is 16.5 Å². The molecule has 2 amide bonds. The third kappa shape index (κ3) is 3.93. The molecule has 0 aromatic heterocycles. The van der Waals surface area contributed by atoms with Gasteiger partial charge in [-0.15, -0.1) is 0 Å². The minimum Gasteiger partial charge on any atom is -0.344 e. The Morgan fingerprint density at radius 2 is 2.14 bits per heavy atom. The van der Waals surface area contributed by atoms with Gasteiger partial charge < -0.3 is 10.2 Å². The van der Waals surface area contributed by atoms with E-state index in [4.69, 9.17) is 0 Å². The molecule has 114 valence electrons. The van der Waals surface area contributed by atoms with E-state index in [2.05, 4.69) is 5.32 Å². The first-order valence-corrected chi connectivity index (χ1v) is 8.02. The molecule has 21 heavy (non-hydrogen) atoms. The molecular weight excluding hydrogens is 386 g/mol. The fraction of sp³-hybridized carbons (Fsp3) is 0.467. The maximum atomic E-state index is 13.2. The number of nitrogens with zero attached hydrogens (tertiary/aromatic N) is 1. The number of benzene rings is 1. The van der Waals surface area contributed by atoms with Gasteiger partial charge in [-0.25, -0.2) is 4.39 Å². The molecule has 0 bridgehead atoms. The van der Waals surface area contributed by atoms with E-state index in [-0.39, 0.29) is 24.1 Å². The Kier molecular flexibility index (Phi) is 5.18. The number of amides is 2. The first kappa shape index (κ1) is 16.2. The Bertz CT molecular complexity index is 563. The number of hydrogen-bond acceptors (Lipinski definition) is 2. The first-order chi connectivity index (χ1) is 9.88. The Morgan fingerprint density at radius 1 is 1.43 bits per heavy atom. The summed E-state index contributed by atoms with van der Waals surface area (Å²) in [5, 5.41) is 2.78. The Hall–Kier alpha value is -1.18. The van der Waals surface area contributed by atoms with Crippen molar-refractivity contribution in [1.82, 2.24) is 5.32 Å². The molecule has 1 aliphatic heterocycles. The van der Waals surface area contributed by atoms with E-state index in [1.165, 1.54) is 12.1 Å². The minimum absolute atomic E-state index is 0.117. The quantitative estimate of drug-likeness (QED) is 0.788. The van der Waals surface area contributed by atoms with Crippen molar-refractivity contribution in [3.05, 3.63) is 27.6 Å². The van der Waals surface area contributed by atoms with Gasteiger partial charge in [-0.3, -0.25) is 9.59 Å². The second-order valence-corrected chi connectivity index (χ2v) is 6.75. The van der Waals surface area contributed by atoms with E-state index in [0.717, 1.165) is 0 Å². The van der Waals surface area contributed by atoms with Gasteiger partial charge in [0.1, 0.15) is 11.9 Å². The zero-order chi connectivity index (χ0) is 15.6. The summed E-state index contributed by atoms with van der Waals surface area (Å²) in [6.07, 6.45) is 0.854. The summed E-state index contributed by atoms with van der Waals surface area (Å²) in [6, 6.07) is 3.81. The average molecular weight is 404 g/mol. The number of halogens is 2. The number of carbonyl (C=O) groups is 2. The van der Waals surface area contributed by atoms with Crippen LogP contribution < -0.4 is 10.2 Å². The zero-order valence-electron chi connectivity index (χ0n) is 12.0. The number of rotatable bonds is 3. The molecule has 1 aliphatic rings. The van der Waals surface area contributed by atoms with Crippen molar-refractivity contribution < 1.29 is 14.0 Å². The predicted molar refractivity (Wildman–Crippen MR) is 87.5 cm³/mol. The van der Waals surface area contributed by atoms with Crippen LogP contribution in [0, 0.1) is 15.3 Å². The van der Waals surface area contributed by atoms with Crippen LogP contribution in [0.1, 0.15) is 26.7 Å². The fourth-order valence-electron chi connectivity index (χ4n) is 2.41. The zero-order valence-corrected chi connectivity index (χ0v) is 14.2. The summed E-state index contributed by atoms with van der Waals surface area (Å²) >= 11 is 2.01. The van der Waals surface area contributed by atoms with Crippen LogP contribution in [-0.4, -0.2) is 24.4 Å². The summed E-state index contributed by atoms with van der Waals surface area (Å²) < 4.78 is 13.9. The highest BCUT2D eigenvalue weighted by atomic mass is 127. The third-order valence-electron chi connectivity index (χ3n) is 3.37. The van der Waals surface area contributed by atoms with E-state index in [1.807, 2.05) is 36.4 Å². The summed E-state index contributed by atoms with van der Waals surface area (Å²) in [6.45, 7) is 4.34. The molecule has 0 aliphatic carbocycles. The summed E-state index contributed by atoms with van der Waals surface area (Å²) in [5.74, 6) is -0.280. The second-order valence-electron chi connectivity index (χ2n) is 5.59. The maximum absolute atomic E-state index is 13.2. The lowest BCUT2D eigenvalue weighted by Crippen LogP contribution is -2.45. The van der Waals surface area contributed by atoms with Crippen molar-refractivity contribution in [2.75, 3.05) is 11.4 Å². The molecule has 0 spiro atoms. The van der Waals surface area contributed by atoms with Crippen molar-refractivity contribution in [3.63, 3.8) is 0 Å². The highest BCUT2D eigenvalue weighted by Crippen LogP contribution is 2.26. The molecule has 4 nitrogen and oxygen atoms in total. The van der Waals surface area contributed by atoms with Crippen LogP contribution in [0.5, 0.6) is 0 Å². The molecular formula is C15H18FIN2O2. The Morgan fingerprint density at radius 3 is 2.76 bits per heavy atom. The molecule has 1 fully saturated rings. The molecule has 0 radical (unpaired) electrons. The molecule has 1 aromatic rings. The summed E-state index contributed by atoms with van der Waals surface area (Å²) in [7, 11) is 0. The highest BCUT2D eigenvalue weighted by molar-refractivity contribution is 14.1. The molecule has 1 saturated heterocycles. The minimum atomic E-state index is -0.513. The van der Waals surface area contributed by atoms with Crippen LogP contribution in [-0.2, 0) is 9.59 Å². The molecule has 1 N–H and O–H groups in total. The second kappa shape index (κ2) is 6.72. The molecule has 1 unspecified atom stereocenters. The lowest BCUT2D eigenvalue weighted by Gasteiger charge is -2.26. The van der Waals surface area contributed by atoms with Crippen LogP contribution in [0.25, 0.3) is 0 Å². The monoisotopic (exact) mass is 404 g/mol. The average Bonchev–Trinajstić information content (AvgIpc) is 2.51. The van der Waals surface area contributed by atoms with Gasteiger partial charge >= 0.3 is 0 Å². The molecule has 0 saturated carbocycles. The fourth-order valence-corrected chi connectivity index (χ4v) is 3.18. The third-order valence-corrected chi connectivity index (χ3v) is 4.23. The van der Waals surface area contributed by atoms with Gasteiger partial charge in [0.05, 0.1) is 5.69 Å². The molecule has 1 heterocycles. The maximum Gasteiger partial charge on any atom is 0.249 e. The number of hydrogen-bond donors (Lipinski definition) is 1. The number of nitrogens with one attached hydrogen (secondary N) is 1. The van der Waals surface area contributed by atoms with Crippen LogP contribution >= 0.6 is 22.6 Å². The summed E-state index contributed by atoms with van der Waals surface area (Å²) in [5.41, 5.74) is 0.659. The van der Waals surface area contributed by atoms with Crippen molar-refractivity contribution in [1.29, 1.82) is 0 Å². The van der Waals surface area contributed by atoms with E-state index >= 15 is 0 Å². The van der Waals surface area contributed by atoms with Gasteiger partial charge in [0.15, 0.2) is 0 Å². The molecule has 6 heteroatoms. The standard InChI is InChI=1S/C15H18FIN2O2/c1-9(2)7-12-15(21)19(6-5-14(20)18-12)13-4-3-10(16)8-11(13)17/h3-4,8-9,12H,5-7H2,1-2H3,(H,18,20). The van der Waals surface area contributed by atoms with Gasteiger partial charge in [-0.05, 0) is 53.1 Å². The first-order valence-electron chi connectivity index (χ1n) is 6.94. The van der Waals surface area contributed by atoms with E-state index in [0.29, 0.717) is 28.1 Å². The van der Waals surface area contributed by atoms with Gasteiger partial charge in [-0.2, -0.15) is 0 Å². The topological polar surface area (TPSA) is 49.4 Å². The number of anilines is 1. The van der Waals surface area contributed by atoms with Gasteiger partial charge in [-0.1, -0.05) is 13.8 Å². The van der Waals surface area contributed by atoms with E-state index < -0.39 is 6.04 Å². The molecule has 1 aromatic carbocycles. The Labute approximate surface area is 137 Å². The van der Waals surface area contributed by atoms with E-state index in [1.54, 1.807) is 11.0 Å². The van der Waals surface area contributed by atoms with Crippen molar-refractivity contribution in [3.8, 4) is 0 Å². The van der Waals surface area contributed by atoms with Crippen LogP contribution in [0.15, 0.2) is 18.2 Å². The lowest BCUT2D eigenvalue weighted by molar-refractivity contribution is -0.125. The van der Waals surface area contributed by atoms with Gasteiger partial charge in [0.2, 0.25) is 11.8 Å².